The molecule has 2 aromatic rings. The van der Waals surface area contributed by atoms with Gasteiger partial charge in [0.25, 0.3) is 5.56 Å². The summed E-state index contributed by atoms with van der Waals surface area (Å²) in [4.78, 5) is 20.5. The van der Waals surface area contributed by atoms with E-state index >= 15 is 0 Å². The second-order valence-electron chi connectivity index (χ2n) is 4.98. The summed E-state index contributed by atoms with van der Waals surface area (Å²) >= 11 is 0. The first-order valence-electron chi connectivity index (χ1n) is 6.61. The lowest BCUT2D eigenvalue weighted by Crippen LogP contribution is -2.15. The number of nitrogens with one attached hydrogen (secondary N) is 2. The molecule has 0 spiro atoms. The molecule has 6 nitrogen and oxygen atoms in total. The molecule has 6 heteroatoms. The van der Waals surface area contributed by atoms with Crippen molar-refractivity contribution in [1.82, 2.24) is 9.97 Å². The van der Waals surface area contributed by atoms with E-state index in [-0.39, 0.29) is 5.56 Å². The minimum atomic E-state index is -0.157. The van der Waals surface area contributed by atoms with Crippen molar-refractivity contribution < 1.29 is 0 Å². The summed E-state index contributed by atoms with van der Waals surface area (Å²) in [5.41, 5.74) is 5.96. The maximum Gasteiger partial charge on any atom is 0.255 e. The number of rotatable bonds is 4. The Bertz CT molecular complexity index is 701. The first-order valence-corrected chi connectivity index (χ1v) is 6.61. The van der Waals surface area contributed by atoms with E-state index in [0.717, 1.165) is 11.3 Å². The average Bonchev–Trinajstić information content (AvgIpc) is 2.45. The van der Waals surface area contributed by atoms with Crippen molar-refractivity contribution in [1.29, 1.82) is 0 Å². The number of nitrogens with zero attached hydrogens (tertiary/aromatic N) is 3. The van der Waals surface area contributed by atoms with Crippen molar-refractivity contribution in [3.8, 4) is 0 Å². The fourth-order valence-corrected chi connectivity index (χ4v) is 1.72. The van der Waals surface area contributed by atoms with Gasteiger partial charge in [0.2, 0.25) is 5.95 Å². The van der Waals surface area contributed by atoms with Crippen LogP contribution in [0.2, 0.25) is 0 Å². The fourth-order valence-electron chi connectivity index (χ4n) is 1.72. The lowest BCUT2D eigenvalue weighted by atomic mass is 10.2. The molecule has 0 unspecified atom stereocenters. The van der Waals surface area contributed by atoms with Crippen LogP contribution in [0.15, 0.2) is 34.2 Å². The Kier molecular flexibility index (Phi) is 4.37. The molecule has 21 heavy (non-hydrogen) atoms. The van der Waals surface area contributed by atoms with Gasteiger partial charge in [-0.05, 0) is 31.5 Å². The zero-order valence-corrected chi connectivity index (χ0v) is 12.6. The van der Waals surface area contributed by atoms with E-state index in [0.29, 0.717) is 17.2 Å². The van der Waals surface area contributed by atoms with Crippen LogP contribution < -0.4 is 15.9 Å². The predicted molar refractivity (Wildman–Crippen MR) is 86.3 cm³/mol. The van der Waals surface area contributed by atoms with E-state index in [9.17, 15) is 4.79 Å². The predicted octanol–water partition coefficient (Wildman–Crippen LogP) is 1.90. The van der Waals surface area contributed by atoms with E-state index in [1.807, 2.05) is 43.3 Å². The Morgan fingerprint density at radius 2 is 1.90 bits per heavy atom. The van der Waals surface area contributed by atoms with Crippen molar-refractivity contribution in [2.45, 2.75) is 13.8 Å². The third kappa shape index (κ3) is 3.68. The van der Waals surface area contributed by atoms with Crippen LogP contribution in [0.1, 0.15) is 16.8 Å². The van der Waals surface area contributed by atoms with E-state index in [1.165, 1.54) is 0 Å². The molecule has 0 aliphatic carbocycles. The smallest absolute Gasteiger partial charge is 0.255 e. The minimum absolute atomic E-state index is 0.157. The standard InChI is InChI=1S/C15H19N5O/c1-10-11(2)17-15(18-14(10)21)19-16-9-12-5-7-13(8-6-12)20(3)4/h5-9H,1-4H3,(H2,17,18,19,21)/b16-9-. The van der Waals surface area contributed by atoms with E-state index in [4.69, 9.17) is 0 Å². The lowest BCUT2D eigenvalue weighted by molar-refractivity contribution is 1.01. The van der Waals surface area contributed by atoms with Crippen LogP contribution in [0, 0.1) is 13.8 Å². The number of hydrogen-bond donors (Lipinski definition) is 2. The molecule has 1 aromatic carbocycles. The van der Waals surface area contributed by atoms with E-state index in [1.54, 1.807) is 20.1 Å². The SMILES string of the molecule is Cc1nc(N/N=C\c2ccc(N(C)C)cc2)[nH]c(=O)c1C. The molecule has 0 aliphatic rings. The molecule has 1 aromatic heterocycles. The number of hydrogen-bond acceptors (Lipinski definition) is 5. The molecule has 2 N–H and O–H groups in total. The van der Waals surface area contributed by atoms with Crippen LogP contribution in [-0.4, -0.2) is 30.3 Å². The van der Waals surface area contributed by atoms with Crippen molar-refractivity contribution in [2.75, 3.05) is 24.4 Å². The van der Waals surface area contributed by atoms with E-state index < -0.39 is 0 Å². The number of benzene rings is 1. The highest BCUT2D eigenvalue weighted by molar-refractivity contribution is 5.80. The van der Waals surface area contributed by atoms with Crippen LogP contribution in [0.25, 0.3) is 0 Å². The Hall–Kier alpha value is -2.63. The second kappa shape index (κ2) is 6.21. The molecule has 0 aliphatic heterocycles. The van der Waals surface area contributed by atoms with Crippen molar-refractivity contribution in [3.05, 3.63) is 51.4 Å². The largest absolute Gasteiger partial charge is 0.378 e. The summed E-state index contributed by atoms with van der Waals surface area (Å²) in [6.45, 7) is 3.53. The third-order valence-corrected chi connectivity index (χ3v) is 3.19. The van der Waals surface area contributed by atoms with Gasteiger partial charge in [-0.1, -0.05) is 12.1 Å². The molecular weight excluding hydrogens is 266 g/mol. The number of aromatic nitrogens is 2. The van der Waals surface area contributed by atoms with Gasteiger partial charge < -0.3 is 4.90 Å². The number of aryl methyl sites for hydroxylation is 1. The van der Waals surface area contributed by atoms with Crippen LogP contribution >= 0.6 is 0 Å². The van der Waals surface area contributed by atoms with Gasteiger partial charge in [0.15, 0.2) is 0 Å². The maximum atomic E-state index is 11.6. The molecule has 0 amide bonds. The van der Waals surface area contributed by atoms with Gasteiger partial charge in [-0.15, -0.1) is 0 Å². The highest BCUT2D eigenvalue weighted by Gasteiger charge is 2.02. The lowest BCUT2D eigenvalue weighted by Gasteiger charge is -2.11. The van der Waals surface area contributed by atoms with Gasteiger partial charge in [-0.25, -0.2) is 10.4 Å². The molecule has 0 bridgehead atoms. The van der Waals surface area contributed by atoms with E-state index in [2.05, 4.69) is 20.5 Å². The molecule has 0 atom stereocenters. The van der Waals surface area contributed by atoms with Crippen LogP contribution in [0.4, 0.5) is 11.6 Å². The van der Waals surface area contributed by atoms with Crippen LogP contribution in [-0.2, 0) is 0 Å². The summed E-state index contributed by atoms with van der Waals surface area (Å²) in [6, 6.07) is 7.96. The maximum absolute atomic E-state index is 11.6. The summed E-state index contributed by atoms with van der Waals surface area (Å²) in [5.74, 6) is 0.337. The summed E-state index contributed by atoms with van der Waals surface area (Å²) in [6.07, 6.45) is 1.68. The van der Waals surface area contributed by atoms with Crippen LogP contribution in [0.3, 0.4) is 0 Å². The Labute approximate surface area is 123 Å². The highest BCUT2D eigenvalue weighted by Crippen LogP contribution is 2.11. The molecule has 0 fully saturated rings. The van der Waals surface area contributed by atoms with Gasteiger partial charge in [0.1, 0.15) is 0 Å². The summed E-state index contributed by atoms with van der Waals surface area (Å²) < 4.78 is 0. The first kappa shape index (κ1) is 14.8. The number of aromatic amines is 1. The van der Waals surface area contributed by atoms with Gasteiger partial charge in [-0.3, -0.25) is 9.78 Å². The number of anilines is 2. The quantitative estimate of drug-likeness (QED) is 0.664. The van der Waals surface area contributed by atoms with Crippen molar-refractivity contribution in [2.24, 2.45) is 5.10 Å². The Morgan fingerprint density at radius 1 is 1.24 bits per heavy atom. The van der Waals surface area contributed by atoms with Crippen molar-refractivity contribution >= 4 is 17.9 Å². The Morgan fingerprint density at radius 3 is 2.48 bits per heavy atom. The molecule has 110 valence electrons. The normalized spacial score (nSPS) is 10.9. The molecule has 0 saturated carbocycles. The van der Waals surface area contributed by atoms with Crippen molar-refractivity contribution in [3.63, 3.8) is 0 Å². The first-order chi connectivity index (χ1) is 9.97. The summed E-state index contributed by atoms with van der Waals surface area (Å²) in [7, 11) is 3.98. The topological polar surface area (TPSA) is 73.4 Å². The summed E-state index contributed by atoms with van der Waals surface area (Å²) in [5, 5.41) is 4.08. The van der Waals surface area contributed by atoms with Gasteiger partial charge in [0.05, 0.1) is 6.21 Å². The third-order valence-electron chi connectivity index (χ3n) is 3.19. The average molecular weight is 285 g/mol. The number of H-pyrrole nitrogens is 1. The fraction of sp³-hybridized carbons (Fsp3) is 0.267. The minimum Gasteiger partial charge on any atom is -0.378 e. The highest BCUT2D eigenvalue weighted by atomic mass is 16.1. The molecule has 2 rings (SSSR count). The zero-order chi connectivity index (χ0) is 15.4. The zero-order valence-electron chi connectivity index (χ0n) is 12.6. The number of hydrazone groups is 1. The van der Waals surface area contributed by atoms with Crippen LogP contribution in [0.5, 0.6) is 0 Å². The molecular formula is C15H19N5O. The Balaban J connectivity index is 2.07. The molecule has 0 saturated heterocycles. The molecule has 1 heterocycles. The second-order valence-corrected chi connectivity index (χ2v) is 4.98. The van der Waals surface area contributed by atoms with Gasteiger partial charge >= 0.3 is 0 Å². The monoisotopic (exact) mass is 285 g/mol. The van der Waals surface area contributed by atoms with Gasteiger partial charge in [0, 0.05) is 31.0 Å². The van der Waals surface area contributed by atoms with Gasteiger partial charge in [-0.2, -0.15) is 5.10 Å². The molecule has 0 radical (unpaired) electrons.